The summed E-state index contributed by atoms with van der Waals surface area (Å²) in [4.78, 5) is 1.16. The molecule has 0 atom stereocenters. The van der Waals surface area contributed by atoms with Crippen LogP contribution >= 0.6 is 22.7 Å². The lowest BCUT2D eigenvalue weighted by atomic mass is 9.93. The van der Waals surface area contributed by atoms with Gasteiger partial charge >= 0.3 is 17.8 Å². The van der Waals surface area contributed by atoms with Crippen molar-refractivity contribution in [2.24, 2.45) is 7.05 Å². The van der Waals surface area contributed by atoms with Crippen LogP contribution < -0.4 is 9.30 Å². The van der Waals surface area contributed by atoms with E-state index in [9.17, 15) is 5.11 Å². The fourth-order valence-corrected chi connectivity index (χ4v) is 7.48. The first kappa shape index (κ1) is 30.0. The van der Waals surface area contributed by atoms with Gasteiger partial charge in [0.2, 0.25) is 0 Å². The zero-order valence-corrected chi connectivity index (χ0v) is 25.1. The van der Waals surface area contributed by atoms with Gasteiger partial charge in [0, 0.05) is 53.9 Å². The van der Waals surface area contributed by atoms with Crippen LogP contribution in [0.25, 0.3) is 42.5 Å². The second-order valence-electron chi connectivity index (χ2n) is 10.4. The third-order valence-corrected chi connectivity index (χ3v) is 9.95. The van der Waals surface area contributed by atoms with E-state index in [1.54, 1.807) is 60.4 Å². The summed E-state index contributed by atoms with van der Waals surface area (Å²) in [7, 11) is 3.24. The molecule has 6 rings (SSSR count). The minimum Gasteiger partial charge on any atom is -0.508 e. The summed E-state index contributed by atoms with van der Waals surface area (Å²) in [6.45, 7) is 1.46. The van der Waals surface area contributed by atoms with Crippen LogP contribution in [0.4, 0.5) is 26.3 Å². The normalized spacial score (nSPS) is 16.8. The van der Waals surface area contributed by atoms with Crippen molar-refractivity contribution in [1.29, 1.82) is 0 Å². The van der Waals surface area contributed by atoms with Crippen LogP contribution in [0.1, 0.15) is 16.0 Å². The standard InChI is InChI=1S/C33H23F6NO2S2/c1-18-24(16-26(43-18)20-12-14-40(2)15-13-20)28-29(32(36,37)33(38,39)31(28,34)35)25-17-27(19-4-8-22(41)9-5-19)44-30(25)21-6-10-23(42-3)11-7-21/h4-17H,1-3H3/p+1. The van der Waals surface area contributed by atoms with Crippen LogP contribution in [0.5, 0.6) is 11.5 Å². The van der Waals surface area contributed by atoms with Crippen molar-refractivity contribution in [2.45, 2.75) is 24.7 Å². The number of hydrogen-bond donors (Lipinski definition) is 1. The Balaban J connectivity index is 1.66. The number of alkyl halides is 6. The van der Waals surface area contributed by atoms with Gasteiger partial charge in [-0.25, -0.2) is 4.57 Å². The number of phenols is 1. The first-order valence-corrected chi connectivity index (χ1v) is 14.9. The SMILES string of the molecule is COc1ccc(-c2sc(-c3ccc(O)cc3)cc2C2=C(c3cc(-c4cc[n+](C)cc4)sc3C)C(F)(F)C(F)(F)C2(F)F)cc1. The molecule has 0 aliphatic heterocycles. The number of nitrogens with zero attached hydrogens (tertiary/aromatic N) is 1. The average molecular weight is 645 g/mol. The van der Waals surface area contributed by atoms with Crippen molar-refractivity contribution in [1.82, 2.24) is 0 Å². The summed E-state index contributed by atoms with van der Waals surface area (Å²) in [5.74, 6) is -15.7. The Labute approximate surface area is 256 Å². The summed E-state index contributed by atoms with van der Waals surface area (Å²) >= 11 is 2.06. The number of benzene rings is 2. The minimum atomic E-state index is -5.70. The maximum absolute atomic E-state index is 16.0. The second-order valence-corrected chi connectivity index (χ2v) is 12.7. The van der Waals surface area contributed by atoms with Gasteiger partial charge in [0.15, 0.2) is 12.4 Å². The highest BCUT2D eigenvalue weighted by Gasteiger charge is 2.80. The first-order chi connectivity index (χ1) is 20.8. The smallest absolute Gasteiger partial charge is 0.380 e. The highest BCUT2D eigenvalue weighted by molar-refractivity contribution is 7.19. The monoisotopic (exact) mass is 644 g/mol. The predicted octanol–water partition coefficient (Wildman–Crippen LogP) is 9.49. The molecule has 3 heterocycles. The molecule has 0 saturated heterocycles. The lowest BCUT2D eigenvalue weighted by molar-refractivity contribution is -0.671. The number of thiophene rings is 2. The number of aryl methyl sites for hydroxylation is 2. The van der Waals surface area contributed by atoms with Gasteiger partial charge in [0.05, 0.1) is 7.11 Å². The van der Waals surface area contributed by atoms with Crippen molar-refractivity contribution in [3.63, 3.8) is 0 Å². The number of rotatable bonds is 6. The number of allylic oxidation sites excluding steroid dienone is 2. The fraction of sp³-hybridized carbons (Fsp3) is 0.182. The highest BCUT2D eigenvalue weighted by Crippen LogP contribution is 2.66. The summed E-state index contributed by atoms with van der Waals surface area (Å²) in [6.07, 6.45) is 3.47. The van der Waals surface area contributed by atoms with E-state index in [4.69, 9.17) is 4.74 Å². The molecule has 44 heavy (non-hydrogen) atoms. The predicted molar refractivity (Wildman–Crippen MR) is 161 cm³/mol. The zero-order chi connectivity index (χ0) is 31.6. The summed E-state index contributed by atoms with van der Waals surface area (Å²) in [5.41, 5.74) is -2.09. The van der Waals surface area contributed by atoms with Gasteiger partial charge in [0.25, 0.3) is 0 Å². The van der Waals surface area contributed by atoms with E-state index in [-0.39, 0.29) is 21.1 Å². The third kappa shape index (κ3) is 4.60. The van der Waals surface area contributed by atoms with Crippen LogP contribution in [0, 0.1) is 6.92 Å². The summed E-state index contributed by atoms with van der Waals surface area (Å²) < 4.78 is 101. The Morgan fingerprint density at radius 1 is 0.682 bits per heavy atom. The van der Waals surface area contributed by atoms with E-state index < -0.39 is 34.5 Å². The molecule has 0 saturated carbocycles. The van der Waals surface area contributed by atoms with E-state index in [2.05, 4.69) is 0 Å². The van der Waals surface area contributed by atoms with Crippen LogP contribution in [-0.2, 0) is 7.05 Å². The summed E-state index contributed by atoms with van der Waals surface area (Å²) in [6, 6.07) is 18.1. The Kier molecular flexibility index (Phi) is 7.16. The fourth-order valence-electron chi connectivity index (χ4n) is 5.27. The van der Waals surface area contributed by atoms with Crippen molar-refractivity contribution < 1.29 is 40.8 Å². The molecule has 0 bridgehead atoms. The molecule has 1 aliphatic carbocycles. The highest BCUT2D eigenvalue weighted by atomic mass is 32.1. The largest absolute Gasteiger partial charge is 0.508 e. The lowest BCUT2D eigenvalue weighted by Crippen LogP contribution is -2.48. The lowest BCUT2D eigenvalue weighted by Gasteiger charge is -2.25. The van der Waals surface area contributed by atoms with Gasteiger partial charge in [-0.1, -0.05) is 0 Å². The number of aromatic hydroxyl groups is 1. The number of halogens is 6. The number of ether oxygens (including phenoxy) is 1. The van der Waals surface area contributed by atoms with E-state index in [1.165, 1.54) is 50.4 Å². The molecule has 0 fully saturated rings. The number of hydrogen-bond acceptors (Lipinski definition) is 4. The van der Waals surface area contributed by atoms with E-state index in [1.807, 2.05) is 0 Å². The number of phenolic OH excluding ortho intramolecular Hbond substituents is 1. The van der Waals surface area contributed by atoms with Crippen molar-refractivity contribution >= 4 is 33.8 Å². The van der Waals surface area contributed by atoms with Crippen molar-refractivity contribution in [2.75, 3.05) is 7.11 Å². The molecular weight excluding hydrogens is 620 g/mol. The molecule has 3 nitrogen and oxygen atoms in total. The Bertz CT molecular complexity index is 1890. The molecular formula is C33H24F6NO2S2+. The van der Waals surface area contributed by atoms with Crippen LogP contribution in [0.3, 0.4) is 0 Å². The maximum atomic E-state index is 16.0. The molecule has 0 unspecified atom stereocenters. The molecule has 0 spiro atoms. The Hall–Kier alpha value is -4.09. The topological polar surface area (TPSA) is 33.3 Å². The van der Waals surface area contributed by atoms with Gasteiger partial charge in [-0.15, -0.1) is 22.7 Å². The van der Waals surface area contributed by atoms with Crippen molar-refractivity contribution in [3.05, 3.63) is 101 Å². The molecule has 11 heteroatoms. The van der Waals surface area contributed by atoms with Gasteiger partial charge in [0.1, 0.15) is 18.5 Å². The second kappa shape index (κ2) is 10.5. The van der Waals surface area contributed by atoms with E-state index in [0.29, 0.717) is 32.2 Å². The molecule has 1 N–H and O–H groups in total. The number of pyridine rings is 1. The quantitative estimate of drug-likeness (QED) is 0.148. The Morgan fingerprint density at radius 3 is 1.77 bits per heavy atom. The van der Waals surface area contributed by atoms with Gasteiger partial charge in [-0.2, -0.15) is 26.3 Å². The van der Waals surface area contributed by atoms with E-state index in [0.717, 1.165) is 22.7 Å². The minimum absolute atomic E-state index is 0.0385. The van der Waals surface area contributed by atoms with E-state index >= 15 is 26.3 Å². The first-order valence-electron chi connectivity index (χ1n) is 13.3. The molecule has 0 amide bonds. The Morgan fingerprint density at radius 2 is 1.18 bits per heavy atom. The van der Waals surface area contributed by atoms with Crippen LogP contribution in [-0.4, -0.2) is 30.0 Å². The molecule has 2 aromatic carbocycles. The molecule has 0 radical (unpaired) electrons. The van der Waals surface area contributed by atoms with Gasteiger partial charge in [-0.05, 0) is 84.3 Å². The molecule has 3 aromatic heterocycles. The van der Waals surface area contributed by atoms with Crippen molar-refractivity contribution in [3.8, 4) is 42.8 Å². The summed E-state index contributed by atoms with van der Waals surface area (Å²) in [5, 5.41) is 9.75. The van der Waals surface area contributed by atoms with Gasteiger partial charge < -0.3 is 9.84 Å². The van der Waals surface area contributed by atoms with Crippen LogP contribution in [0.2, 0.25) is 0 Å². The molecule has 1 aliphatic rings. The number of methoxy groups -OCH3 is 1. The molecule has 226 valence electrons. The maximum Gasteiger partial charge on any atom is 0.380 e. The average Bonchev–Trinajstić information content (AvgIpc) is 3.62. The third-order valence-electron chi connectivity index (χ3n) is 7.62. The zero-order valence-electron chi connectivity index (χ0n) is 23.5. The van der Waals surface area contributed by atoms with Gasteiger partial charge in [-0.3, -0.25) is 0 Å². The van der Waals surface area contributed by atoms with Crippen LogP contribution in [0.15, 0.2) is 85.2 Å². The number of aromatic nitrogens is 1. The molecule has 5 aromatic rings.